The minimum Gasteiger partial charge on any atom is -0.507 e. The predicted octanol–water partition coefficient (Wildman–Crippen LogP) is 3.34. The van der Waals surface area contributed by atoms with Crippen molar-refractivity contribution >= 4 is 17.3 Å². The summed E-state index contributed by atoms with van der Waals surface area (Å²) < 4.78 is 0. The zero-order valence-corrected chi connectivity index (χ0v) is 20.7. The number of para-hydroxylation sites is 1. The van der Waals surface area contributed by atoms with E-state index < -0.39 is 0 Å². The van der Waals surface area contributed by atoms with E-state index in [-0.39, 0.29) is 17.6 Å². The van der Waals surface area contributed by atoms with E-state index in [1.807, 2.05) is 18.2 Å². The van der Waals surface area contributed by atoms with E-state index in [0.29, 0.717) is 22.9 Å². The van der Waals surface area contributed by atoms with Gasteiger partial charge in [-0.1, -0.05) is 18.2 Å². The second-order valence-electron chi connectivity index (χ2n) is 9.51. The maximum absolute atomic E-state index is 10.3. The molecule has 36 heavy (non-hydrogen) atoms. The van der Waals surface area contributed by atoms with Crippen LogP contribution in [-0.4, -0.2) is 65.4 Å². The SMILES string of the molecule is CNC(=N)c1nnc(-c2ccccc2O)cc1NC1CCN(c2ccc(C3CCNCC3)cn2)CC1. The van der Waals surface area contributed by atoms with Crippen molar-refractivity contribution in [1.29, 1.82) is 5.41 Å². The molecule has 188 valence electrons. The van der Waals surface area contributed by atoms with Crippen LogP contribution in [0.5, 0.6) is 5.75 Å². The summed E-state index contributed by atoms with van der Waals surface area (Å²) in [4.78, 5) is 7.14. The van der Waals surface area contributed by atoms with Crippen LogP contribution in [0.3, 0.4) is 0 Å². The summed E-state index contributed by atoms with van der Waals surface area (Å²) in [6, 6.07) is 13.6. The summed E-state index contributed by atoms with van der Waals surface area (Å²) in [6.45, 7) is 3.98. The highest BCUT2D eigenvalue weighted by Crippen LogP contribution is 2.31. The molecule has 0 bridgehead atoms. The number of aromatic hydroxyl groups is 1. The fourth-order valence-electron chi connectivity index (χ4n) is 5.08. The third-order valence-electron chi connectivity index (χ3n) is 7.22. The molecule has 2 aliphatic heterocycles. The van der Waals surface area contributed by atoms with Crippen LogP contribution in [0.2, 0.25) is 0 Å². The number of phenolic OH excluding ortho intramolecular Hbond substituents is 1. The second-order valence-corrected chi connectivity index (χ2v) is 9.51. The summed E-state index contributed by atoms with van der Waals surface area (Å²) in [5, 5.41) is 37.0. The Balaban J connectivity index is 1.26. The number of rotatable bonds is 6. The zero-order chi connectivity index (χ0) is 24.9. The van der Waals surface area contributed by atoms with Crippen molar-refractivity contribution in [2.75, 3.05) is 43.4 Å². The fourth-order valence-corrected chi connectivity index (χ4v) is 5.08. The molecule has 3 aromatic rings. The molecule has 2 aliphatic rings. The largest absolute Gasteiger partial charge is 0.507 e. The van der Waals surface area contributed by atoms with Crippen LogP contribution in [0, 0.1) is 5.41 Å². The van der Waals surface area contributed by atoms with Gasteiger partial charge < -0.3 is 26.0 Å². The number of phenols is 1. The van der Waals surface area contributed by atoms with E-state index in [9.17, 15) is 5.11 Å². The first kappa shape index (κ1) is 24.0. The Hall–Kier alpha value is -3.72. The third kappa shape index (κ3) is 5.26. The van der Waals surface area contributed by atoms with Crippen molar-refractivity contribution in [3.63, 3.8) is 0 Å². The molecular formula is C27H34N8O. The lowest BCUT2D eigenvalue weighted by molar-refractivity contribution is 0.459. The molecule has 0 radical (unpaired) electrons. The first-order chi connectivity index (χ1) is 17.6. The second kappa shape index (κ2) is 10.9. The summed E-state index contributed by atoms with van der Waals surface area (Å²) in [5.74, 6) is 2.01. The Bertz CT molecular complexity index is 1180. The van der Waals surface area contributed by atoms with Crippen LogP contribution in [-0.2, 0) is 0 Å². The Labute approximate surface area is 211 Å². The molecule has 0 unspecified atom stereocenters. The number of hydrogen-bond acceptors (Lipinski definition) is 8. The molecular weight excluding hydrogens is 452 g/mol. The number of anilines is 2. The van der Waals surface area contributed by atoms with Crippen molar-refractivity contribution in [1.82, 2.24) is 25.8 Å². The zero-order valence-electron chi connectivity index (χ0n) is 20.7. The summed E-state index contributed by atoms with van der Waals surface area (Å²) >= 11 is 0. The van der Waals surface area contributed by atoms with Gasteiger partial charge in [-0.15, -0.1) is 10.2 Å². The van der Waals surface area contributed by atoms with Crippen molar-refractivity contribution in [3.05, 3.63) is 59.9 Å². The van der Waals surface area contributed by atoms with Crippen LogP contribution >= 0.6 is 0 Å². The lowest BCUT2D eigenvalue weighted by Gasteiger charge is -2.34. The molecule has 2 fully saturated rings. The van der Waals surface area contributed by atoms with Crippen LogP contribution in [0.1, 0.15) is 42.9 Å². The van der Waals surface area contributed by atoms with Gasteiger partial charge in [-0.3, -0.25) is 5.41 Å². The maximum atomic E-state index is 10.3. The molecule has 0 spiro atoms. The Morgan fingerprint density at radius 2 is 1.83 bits per heavy atom. The van der Waals surface area contributed by atoms with E-state index in [4.69, 9.17) is 10.4 Å². The lowest BCUT2D eigenvalue weighted by atomic mass is 9.91. The van der Waals surface area contributed by atoms with Gasteiger partial charge in [-0.05, 0) is 74.5 Å². The van der Waals surface area contributed by atoms with E-state index in [1.54, 1.807) is 19.2 Å². The molecule has 1 aromatic carbocycles. The minimum absolute atomic E-state index is 0.154. The standard InChI is InChI=1S/C27H34N8O/c1-29-27(28)26-23(16-22(33-34-26)21-4-2-3-5-24(21)36)32-20-10-14-35(15-11-20)25-7-6-19(17-31-25)18-8-12-30-13-9-18/h2-7,16-18,20,30,36H,8-15H2,1H3,(H2,28,29)(H,32,33). The molecule has 0 aliphatic carbocycles. The Morgan fingerprint density at radius 3 is 2.53 bits per heavy atom. The average molecular weight is 487 g/mol. The third-order valence-corrected chi connectivity index (χ3v) is 7.22. The van der Waals surface area contributed by atoms with Crippen molar-refractivity contribution in [2.24, 2.45) is 0 Å². The van der Waals surface area contributed by atoms with Gasteiger partial charge in [-0.25, -0.2) is 4.98 Å². The van der Waals surface area contributed by atoms with E-state index in [0.717, 1.165) is 50.5 Å². The van der Waals surface area contributed by atoms with Crippen molar-refractivity contribution in [2.45, 2.75) is 37.6 Å². The van der Waals surface area contributed by atoms with Crippen LogP contribution in [0.25, 0.3) is 11.3 Å². The molecule has 0 atom stereocenters. The molecule has 5 N–H and O–H groups in total. The molecule has 9 heteroatoms. The number of benzene rings is 1. The number of amidine groups is 1. The highest BCUT2D eigenvalue weighted by atomic mass is 16.3. The number of nitrogens with one attached hydrogen (secondary N) is 4. The molecule has 0 saturated carbocycles. The van der Waals surface area contributed by atoms with Gasteiger partial charge in [0, 0.05) is 37.9 Å². The first-order valence-electron chi connectivity index (χ1n) is 12.7. The van der Waals surface area contributed by atoms with E-state index in [2.05, 4.69) is 49.4 Å². The van der Waals surface area contributed by atoms with Gasteiger partial charge in [0.1, 0.15) is 17.4 Å². The number of pyridine rings is 1. The van der Waals surface area contributed by atoms with Crippen molar-refractivity contribution < 1.29 is 5.11 Å². The molecule has 2 saturated heterocycles. The van der Waals surface area contributed by atoms with Gasteiger partial charge in [0.05, 0.1) is 11.4 Å². The van der Waals surface area contributed by atoms with Crippen LogP contribution in [0.4, 0.5) is 11.5 Å². The lowest BCUT2D eigenvalue weighted by Crippen LogP contribution is -2.40. The quantitative estimate of drug-likeness (QED) is 0.266. The summed E-state index contributed by atoms with van der Waals surface area (Å²) in [6.07, 6.45) is 6.31. The summed E-state index contributed by atoms with van der Waals surface area (Å²) in [5.41, 5.74) is 3.74. The summed E-state index contributed by atoms with van der Waals surface area (Å²) in [7, 11) is 1.70. The molecule has 4 heterocycles. The normalized spacial score (nSPS) is 17.1. The maximum Gasteiger partial charge on any atom is 0.150 e. The number of aromatic nitrogens is 3. The number of nitrogens with zero attached hydrogens (tertiary/aromatic N) is 4. The van der Waals surface area contributed by atoms with Crippen LogP contribution in [0.15, 0.2) is 48.7 Å². The van der Waals surface area contributed by atoms with Gasteiger partial charge in [0.25, 0.3) is 0 Å². The number of hydrogen-bond donors (Lipinski definition) is 5. The van der Waals surface area contributed by atoms with E-state index >= 15 is 0 Å². The first-order valence-corrected chi connectivity index (χ1v) is 12.7. The molecule has 9 nitrogen and oxygen atoms in total. The molecule has 2 aromatic heterocycles. The minimum atomic E-state index is 0.154. The number of piperidine rings is 2. The van der Waals surface area contributed by atoms with Gasteiger partial charge in [-0.2, -0.15) is 0 Å². The molecule has 5 rings (SSSR count). The van der Waals surface area contributed by atoms with Gasteiger partial charge in [0.15, 0.2) is 5.69 Å². The predicted molar refractivity (Wildman–Crippen MR) is 143 cm³/mol. The van der Waals surface area contributed by atoms with Crippen LogP contribution < -0.4 is 20.9 Å². The highest BCUT2D eigenvalue weighted by molar-refractivity contribution is 5.99. The van der Waals surface area contributed by atoms with Gasteiger partial charge >= 0.3 is 0 Å². The van der Waals surface area contributed by atoms with Gasteiger partial charge in [0.2, 0.25) is 0 Å². The Kier molecular flexibility index (Phi) is 7.27. The van der Waals surface area contributed by atoms with E-state index in [1.165, 1.54) is 18.4 Å². The monoisotopic (exact) mass is 486 g/mol. The van der Waals surface area contributed by atoms with Crippen molar-refractivity contribution in [3.8, 4) is 17.0 Å². The average Bonchev–Trinajstić information content (AvgIpc) is 2.94. The smallest absolute Gasteiger partial charge is 0.150 e. The Morgan fingerprint density at radius 1 is 1.06 bits per heavy atom. The topological polar surface area (TPSA) is 122 Å². The highest BCUT2D eigenvalue weighted by Gasteiger charge is 2.23. The fraction of sp³-hybridized carbons (Fsp3) is 0.407. The molecule has 0 amide bonds.